The third-order valence-electron chi connectivity index (χ3n) is 5.56. The number of nitrogens with zero attached hydrogens (tertiary/aromatic N) is 1. The first kappa shape index (κ1) is 15.5. The predicted octanol–water partition coefficient (Wildman–Crippen LogP) is 3.93. The molecule has 1 heterocycles. The summed E-state index contributed by atoms with van der Waals surface area (Å²) < 4.78 is 13.5. The van der Waals surface area contributed by atoms with Gasteiger partial charge in [-0.25, -0.2) is 4.39 Å². The fraction of sp³-hybridized carbons (Fsp3) is 0.400. The highest BCUT2D eigenvalue weighted by Gasteiger charge is 2.37. The third-order valence-corrected chi connectivity index (χ3v) is 5.56. The van der Waals surface area contributed by atoms with Crippen molar-refractivity contribution in [1.29, 1.82) is 0 Å². The first-order valence-corrected chi connectivity index (χ1v) is 8.65. The molecule has 0 radical (unpaired) electrons. The lowest BCUT2D eigenvalue weighted by Gasteiger charge is -2.45. The molecule has 0 saturated carbocycles. The highest BCUT2D eigenvalue weighted by atomic mass is 19.1. The van der Waals surface area contributed by atoms with Crippen molar-refractivity contribution in [3.8, 4) is 11.5 Å². The standard InChI is InChI=1S/C20H22FNO2/c21-14-4-1-3-13(11-14)12-22-10-2-5-16-15-7-9-19(23)20(24)17(15)6-8-18(16)22/h1,3-4,7,9,11,16,18,23-24H,2,5-6,8,10,12H2/t16-,18-/m0/s1. The number of hydrogen-bond donors (Lipinski definition) is 2. The molecule has 0 unspecified atom stereocenters. The summed E-state index contributed by atoms with van der Waals surface area (Å²) >= 11 is 0. The summed E-state index contributed by atoms with van der Waals surface area (Å²) in [6.07, 6.45) is 3.93. The second-order valence-electron chi connectivity index (χ2n) is 6.96. The van der Waals surface area contributed by atoms with Crippen LogP contribution in [0, 0.1) is 5.82 Å². The molecule has 1 saturated heterocycles. The lowest BCUT2D eigenvalue weighted by molar-refractivity contribution is 0.104. The zero-order valence-electron chi connectivity index (χ0n) is 13.6. The van der Waals surface area contributed by atoms with Crippen molar-refractivity contribution >= 4 is 0 Å². The zero-order valence-corrected chi connectivity index (χ0v) is 13.6. The molecule has 126 valence electrons. The number of hydrogen-bond acceptors (Lipinski definition) is 3. The number of fused-ring (bicyclic) bond motifs is 3. The summed E-state index contributed by atoms with van der Waals surface area (Å²) in [5.41, 5.74) is 3.09. The summed E-state index contributed by atoms with van der Waals surface area (Å²) in [7, 11) is 0. The molecule has 0 bridgehead atoms. The Hall–Kier alpha value is -2.07. The van der Waals surface area contributed by atoms with Gasteiger partial charge in [0.15, 0.2) is 11.5 Å². The van der Waals surface area contributed by atoms with E-state index in [1.165, 1.54) is 11.6 Å². The highest BCUT2D eigenvalue weighted by molar-refractivity contribution is 5.51. The van der Waals surface area contributed by atoms with Gasteiger partial charge in [-0.3, -0.25) is 4.90 Å². The molecule has 4 rings (SSSR count). The molecule has 4 heteroatoms. The van der Waals surface area contributed by atoms with Crippen molar-refractivity contribution in [1.82, 2.24) is 4.90 Å². The fourth-order valence-corrected chi connectivity index (χ4v) is 4.48. The summed E-state index contributed by atoms with van der Waals surface area (Å²) in [5.74, 6) is 0.214. The average molecular weight is 327 g/mol. The predicted molar refractivity (Wildman–Crippen MR) is 90.7 cm³/mol. The normalized spacial score (nSPS) is 23.5. The SMILES string of the molecule is Oc1ccc2c(c1O)CC[C@H]1[C@H]2CCCN1Cc1cccc(F)c1. The first-order valence-electron chi connectivity index (χ1n) is 8.65. The van der Waals surface area contributed by atoms with E-state index >= 15 is 0 Å². The monoisotopic (exact) mass is 327 g/mol. The van der Waals surface area contributed by atoms with Crippen molar-refractivity contribution in [2.75, 3.05) is 6.54 Å². The molecule has 0 spiro atoms. The minimum absolute atomic E-state index is 0.0281. The van der Waals surface area contributed by atoms with E-state index in [0.29, 0.717) is 12.0 Å². The highest BCUT2D eigenvalue weighted by Crippen LogP contribution is 2.45. The molecule has 2 aliphatic rings. The van der Waals surface area contributed by atoms with Gasteiger partial charge in [-0.2, -0.15) is 0 Å². The maximum atomic E-state index is 13.5. The average Bonchev–Trinajstić information content (AvgIpc) is 2.58. The van der Waals surface area contributed by atoms with E-state index in [9.17, 15) is 14.6 Å². The van der Waals surface area contributed by atoms with Crippen LogP contribution in [0.1, 0.15) is 41.9 Å². The number of aromatic hydroxyl groups is 2. The van der Waals surface area contributed by atoms with E-state index in [-0.39, 0.29) is 17.3 Å². The van der Waals surface area contributed by atoms with Crippen LogP contribution in [0.15, 0.2) is 36.4 Å². The van der Waals surface area contributed by atoms with Crippen molar-refractivity contribution in [3.05, 3.63) is 58.9 Å². The van der Waals surface area contributed by atoms with Gasteiger partial charge in [0.05, 0.1) is 0 Å². The summed E-state index contributed by atoms with van der Waals surface area (Å²) in [4.78, 5) is 2.45. The van der Waals surface area contributed by atoms with Gasteiger partial charge in [0, 0.05) is 18.2 Å². The van der Waals surface area contributed by atoms with E-state index in [0.717, 1.165) is 49.9 Å². The fourth-order valence-electron chi connectivity index (χ4n) is 4.48. The molecule has 0 amide bonds. The quantitative estimate of drug-likeness (QED) is 0.821. The van der Waals surface area contributed by atoms with Crippen molar-refractivity contribution in [2.45, 2.75) is 44.2 Å². The second-order valence-corrected chi connectivity index (χ2v) is 6.96. The second kappa shape index (κ2) is 6.10. The van der Waals surface area contributed by atoms with E-state index in [2.05, 4.69) is 4.90 Å². The molecular formula is C20H22FNO2. The molecule has 2 N–H and O–H groups in total. The van der Waals surface area contributed by atoms with Gasteiger partial charge in [0.1, 0.15) is 5.82 Å². The maximum Gasteiger partial charge on any atom is 0.160 e. The van der Waals surface area contributed by atoms with Crippen LogP contribution in [0.5, 0.6) is 11.5 Å². The molecule has 24 heavy (non-hydrogen) atoms. The lowest BCUT2D eigenvalue weighted by atomic mass is 9.74. The van der Waals surface area contributed by atoms with Crippen LogP contribution in [0.2, 0.25) is 0 Å². The Balaban J connectivity index is 1.61. The Labute approximate surface area is 141 Å². The molecule has 2 aromatic carbocycles. The Morgan fingerprint density at radius 2 is 2.00 bits per heavy atom. The van der Waals surface area contributed by atoms with Gasteiger partial charge in [-0.05, 0) is 67.5 Å². The van der Waals surface area contributed by atoms with Gasteiger partial charge in [-0.15, -0.1) is 0 Å². The minimum Gasteiger partial charge on any atom is -0.504 e. The minimum atomic E-state index is -0.185. The summed E-state index contributed by atoms with van der Waals surface area (Å²) in [6.45, 7) is 1.79. The Morgan fingerprint density at radius 1 is 1.12 bits per heavy atom. The molecule has 3 nitrogen and oxygen atoms in total. The van der Waals surface area contributed by atoms with Gasteiger partial charge in [0.2, 0.25) is 0 Å². The number of halogens is 1. The topological polar surface area (TPSA) is 43.7 Å². The van der Waals surface area contributed by atoms with Gasteiger partial charge in [-0.1, -0.05) is 18.2 Å². The van der Waals surface area contributed by atoms with E-state index in [4.69, 9.17) is 0 Å². The lowest BCUT2D eigenvalue weighted by Crippen LogP contribution is -2.45. The molecule has 1 aliphatic carbocycles. The smallest absolute Gasteiger partial charge is 0.160 e. The molecule has 1 fully saturated rings. The van der Waals surface area contributed by atoms with Gasteiger partial charge >= 0.3 is 0 Å². The van der Waals surface area contributed by atoms with Gasteiger partial charge < -0.3 is 10.2 Å². The van der Waals surface area contributed by atoms with Crippen LogP contribution in [-0.4, -0.2) is 27.7 Å². The number of likely N-dealkylation sites (tertiary alicyclic amines) is 1. The number of benzene rings is 2. The van der Waals surface area contributed by atoms with Crippen molar-refractivity contribution in [3.63, 3.8) is 0 Å². The third kappa shape index (κ3) is 2.65. The van der Waals surface area contributed by atoms with E-state index in [1.807, 2.05) is 12.1 Å². The van der Waals surface area contributed by atoms with Crippen LogP contribution in [0.4, 0.5) is 4.39 Å². The molecule has 2 aromatic rings. The van der Waals surface area contributed by atoms with Crippen molar-refractivity contribution < 1.29 is 14.6 Å². The number of rotatable bonds is 2. The Bertz CT molecular complexity index is 761. The summed E-state index contributed by atoms with van der Waals surface area (Å²) in [5, 5.41) is 19.9. The zero-order chi connectivity index (χ0) is 16.7. The van der Waals surface area contributed by atoms with Crippen LogP contribution in [0.25, 0.3) is 0 Å². The van der Waals surface area contributed by atoms with Gasteiger partial charge in [0.25, 0.3) is 0 Å². The molecular weight excluding hydrogens is 305 g/mol. The Kier molecular flexibility index (Phi) is 3.93. The maximum absolute atomic E-state index is 13.5. The summed E-state index contributed by atoms with van der Waals surface area (Å²) in [6, 6.07) is 10.8. The molecule has 2 atom stereocenters. The van der Waals surface area contributed by atoms with Crippen LogP contribution < -0.4 is 0 Å². The molecule has 1 aliphatic heterocycles. The number of phenols is 2. The van der Waals surface area contributed by atoms with E-state index < -0.39 is 0 Å². The first-order chi connectivity index (χ1) is 11.6. The Morgan fingerprint density at radius 3 is 2.83 bits per heavy atom. The van der Waals surface area contributed by atoms with Crippen LogP contribution in [-0.2, 0) is 13.0 Å². The largest absolute Gasteiger partial charge is 0.504 e. The van der Waals surface area contributed by atoms with Crippen LogP contribution in [0.3, 0.4) is 0 Å². The van der Waals surface area contributed by atoms with Crippen LogP contribution >= 0.6 is 0 Å². The van der Waals surface area contributed by atoms with E-state index in [1.54, 1.807) is 18.2 Å². The van der Waals surface area contributed by atoms with Crippen molar-refractivity contribution in [2.24, 2.45) is 0 Å². The number of piperidine rings is 1. The molecule has 0 aromatic heterocycles. The number of phenolic OH excluding ortho intramolecular Hbond substituents is 2.